The van der Waals surface area contributed by atoms with Crippen LogP contribution in [0.25, 0.3) is 0 Å². The Labute approximate surface area is 53.8 Å². The molecule has 0 bridgehead atoms. The lowest BCUT2D eigenvalue weighted by Gasteiger charge is -2.40. The van der Waals surface area contributed by atoms with E-state index in [1.54, 1.807) is 0 Å². The van der Waals surface area contributed by atoms with Crippen molar-refractivity contribution in [1.29, 1.82) is 0 Å². The average molecular weight is 130 g/mol. The number of hydrogen-bond donors (Lipinski definition) is 0. The Bertz CT molecular complexity index is 106. The summed E-state index contributed by atoms with van der Waals surface area (Å²) in [4.78, 5) is 10.8. The summed E-state index contributed by atoms with van der Waals surface area (Å²) >= 11 is 0. The Morgan fingerprint density at radius 1 is 1.11 bits per heavy atom. The van der Waals surface area contributed by atoms with E-state index in [2.05, 4.69) is 5.32 Å². The summed E-state index contributed by atoms with van der Waals surface area (Å²) in [5, 5.41) is 4.18. The predicted octanol–water partition coefficient (Wildman–Crippen LogP) is -0.744. The Morgan fingerprint density at radius 2 is 1.78 bits per heavy atom. The van der Waals surface area contributed by atoms with Crippen molar-refractivity contribution in [2.45, 2.75) is 0 Å². The highest BCUT2D eigenvalue weighted by Crippen LogP contribution is 2.19. The van der Waals surface area contributed by atoms with E-state index in [1.807, 2.05) is 0 Å². The standard InChI is InChI=1S/C5H10N2O2/c1-3-7(4-2-6-1)8-5-9-7/h1-5H2/q+1. The largest absolute Gasteiger partial charge is 0.269 e. The van der Waals surface area contributed by atoms with Gasteiger partial charge >= 0.3 is 0 Å². The van der Waals surface area contributed by atoms with Crippen LogP contribution in [0.1, 0.15) is 0 Å². The Hall–Kier alpha value is -0.160. The van der Waals surface area contributed by atoms with E-state index < -0.39 is 0 Å². The molecule has 2 fully saturated rings. The topological polar surface area (TPSA) is 32.6 Å². The number of nitrogens with zero attached hydrogens (tertiary/aromatic N) is 2. The van der Waals surface area contributed by atoms with Crippen molar-refractivity contribution < 1.29 is 14.5 Å². The molecule has 2 aliphatic rings. The first kappa shape index (κ1) is 5.61. The summed E-state index contributed by atoms with van der Waals surface area (Å²) in [5.41, 5.74) is 0. The van der Waals surface area contributed by atoms with Crippen molar-refractivity contribution in [1.82, 2.24) is 5.32 Å². The normalized spacial score (nSPS) is 32.0. The quantitative estimate of drug-likeness (QED) is 0.404. The number of piperazine rings is 1. The minimum absolute atomic E-state index is 0.406. The Morgan fingerprint density at radius 3 is 2.11 bits per heavy atom. The summed E-state index contributed by atoms with van der Waals surface area (Å²) in [6, 6.07) is 0. The summed E-state index contributed by atoms with van der Waals surface area (Å²) in [7, 11) is 0. The molecule has 0 aromatic carbocycles. The summed E-state index contributed by atoms with van der Waals surface area (Å²) in [6.07, 6.45) is 0. The van der Waals surface area contributed by atoms with Crippen LogP contribution in [0, 0.1) is 0 Å². The van der Waals surface area contributed by atoms with E-state index >= 15 is 0 Å². The first-order valence-electron chi connectivity index (χ1n) is 3.21. The molecular weight excluding hydrogens is 120 g/mol. The lowest BCUT2D eigenvalue weighted by Crippen LogP contribution is -2.63. The van der Waals surface area contributed by atoms with Gasteiger partial charge in [0.2, 0.25) is 0 Å². The van der Waals surface area contributed by atoms with Crippen LogP contribution in [0.2, 0.25) is 0 Å². The van der Waals surface area contributed by atoms with Crippen molar-refractivity contribution in [3.63, 3.8) is 0 Å². The van der Waals surface area contributed by atoms with Gasteiger partial charge in [-0.05, 0) is 4.81 Å². The summed E-state index contributed by atoms with van der Waals surface area (Å²) in [5.74, 6) is 0. The van der Waals surface area contributed by atoms with Crippen LogP contribution < -0.4 is 5.32 Å². The number of hydrogen-bond acceptors (Lipinski definition) is 2. The smallest absolute Gasteiger partial charge is 0.230 e. The molecule has 1 radical (unpaired) electrons. The Kier molecular flexibility index (Phi) is 1.19. The first-order chi connectivity index (χ1) is 4.41. The maximum absolute atomic E-state index is 5.21. The zero-order chi connectivity index (χ0) is 6.16. The molecule has 0 amide bonds. The zero-order valence-corrected chi connectivity index (χ0v) is 5.25. The van der Waals surface area contributed by atoms with Gasteiger partial charge in [0.05, 0.1) is 13.1 Å². The second kappa shape index (κ2) is 1.91. The molecule has 2 rings (SSSR count). The molecule has 51 valence electrons. The molecule has 4 heteroatoms. The van der Waals surface area contributed by atoms with Crippen molar-refractivity contribution in [2.75, 3.05) is 33.0 Å². The third-order valence-electron chi connectivity index (χ3n) is 1.77. The van der Waals surface area contributed by atoms with E-state index in [1.165, 1.54) is 0 Å². The van der Waals surface area contributed by atoms with Crippen LogP contribution >= 0.6 is 0 Å². The highest BCUT2D eigenvalue weighted by Gasteiger charge is 2.42. The minimum atomic E-state index is 0.406. The van der Waals surface area contributed by atoms with Crippen LogP contribution in [0.15, 0.2) is 0 Å². The molecule has 0 aliphatic carbocycles. The second-order valence-electron chi connectivity index (χ2n) is 2.31. The summed E-state index contributed by atoms with van der Waals surface area (Å²) in [6.45, 7) is 3.99. The first-order valence-corrected chi connectivity index (χ1v) is 3.21. The fourth-order valence-corrected chi connectivity index (χ4v) is 1.13. The van der Waals surface area contributed by atoms with Gasteiger partial charge in [-0.1, -0.05) is 0 Å². The molecule has 1 spiro atoms. The lowest BCUT2D eigenvalue weighted by atomic mass is 10.4. The monoisotopic (exact) mass is 130 g/mol. The molecule has 0 N–H and O–H groups in total. The van der Waals surface area contributed by atoms with Gasteiger partial charge in [0.1, 0.15) is 0 Å². The number of quaternary nitrogens is 1. The van der Waals surface area contributed by atoms with E-state index in [0.717, 1.165) is 26.2 Å². The molecule has 2 heterocycles. The summed E-state index contributed by atoms with van der Waals surface area (Å²) < 4.78 is 0. The van der Waals surface area contributed by atoms with E-state index in [9.17, 15) is 0 Å². The molecule has 0 unspecified atom stereocenters. The molecule has 2 saturated heterocycles. The van der Waals surface area contributed by atoms with Crippen molar-refractivity contribution >= 4 is 0 Å². The molecular formula is C5H10N2O2+. The molecule has 0 aromatic heterocycles. The van der Waals surface area contributed by atoms with E-state index in [0.29, 0.717) is 11.6 Å². The molecule has 2 aliphatic heterocycles. The van der Waals surface area contributed by atoms with E-state index in [4.69, 9.17) is 9.68 Å². The van der Waals surface area contributed by atoms with Gasteiger partial charge in [0.15, 0.2) is 13.1 Å². The van der Waals surface area contributed by atoms with Crippen molar-refractivity contribution in [3.05, 3.63) is 0 Å². The molecule has 0 atom stereocenters. The van der Waals surface area contributed by atoms with Crippen molar-refractivity contribution in [2.24, 2.45) is 0 Å². The van der Waals surface area contributed by atoms with Gasteiger partial charge in [-0.25, -0.2) is 5.32 Å². The van der Waals surface area contributed by atoms with Crippen LogP contribution in [0.3, 0.4) is 0 Å². The Balaban J connectivity index is 1.93. The average Bonchev–Trinajstić information content (AvgIpc) is 1.87. The zero-order valence-electron chi connectivity index (χ0n) is 5.25. The number of hydroxylamine groups is 4. The van der Waals surface area contributed by atoms with Gasteiger partial charge in [-0.15, -0.1) is 9.68 Å². The van der Waals surface area contributed by atoms with Crippen molar-refractivity contribution in [3.8, 4) is 0 Å². The lowest BCUT2D eigenvalue weighted by molar-refractivity contribution is -1.31. The van der Waals surface area contributed by atoms with Crippen LogP contribution in [0.5, 0.6) is 0 Å². The molecule has 0 aromatic rings. The number of rotatable bonds is 0. The van der Waals surface area contributed by atoms with Gasteiger partial charge in [0.25, 0.3) is 6.79 Å². The third-order valence-corrected chi connectivity index (χ3v) is 1.77. The maximum Gasteiger partial charge on any atom is 0.269 e. The predicted molar refractivity (Wildman–Crippen MR) is 28.9 cm³/mol. The molecule has 4 nitrogen and oxygen atoms in total. The highest BCUT2D eigenvalue weighted by molar-refractivity contribution is 4.49. The van der Waals surface area contributed by atoms with Crippen LogP contribution in [-0.2, 0) is 9.68 Å². The van der Waals surface area contributed by atoms with Gasteiger partial charge in [-0.3, -0.25) is 0 Å². The van der Waals surface area contributed by atoms with E-state index in [-0.39, 0.29) is 0 Å². The van der Waals surface area contributed by atoms with Crippen LogP contribution in [-0.4, -0.2) is 37.8 Å². The SMILES string of the molecule is C1C[N+]2(CC[N]1)OCO2. The van der Waals surface area contributed by atoms with Crippen LogP contribution in [0.4, 0.5) is 0 Å². The van der Waals surface area contributed by atoms with Gasteiger partial charge in [0, 0.05) is 0 Å². The highest BCUT2D eigenvalue weighted by atomic mass is 17.1. The fraction of sp³-hybridized carbons (Fsp3) is 1.00. The fourth-order valence-electron chi connectivity index (χ4n) is 1.13. The molecule has 0 saturated carbocycles. The maximum atomic E-state index is 5.21. The molecule has 9 heavy (non-hydrogen) atoms. The second-order valence-corrected chi connectivity index (χ2v) is 2.31. The van der Waals surface area contributed by atoms with Gasteiger partial charge in [-0.2, -0.15) is 0 Å². The minimum Gasteiger partial charge on any atom is -0.230 e. The van der Waals surface area contributed by atoms with Gasteiger partial charge < -0.3 is 0 Å². The third kappa shape index (κ3) is 0.840.